The van der Waals surface area contributed by atoms with Crippen molar-refractivity contribution in [3.05, 3.63) is 105 Å². The van der Waals surface area contributed by atoms with Gasteiger partial charge in [0.15, 0.2) is 0 Å². The van der Waals surface area contributed by atoms with Crippen LogP contribution in [0.25, 0.3) is 10.9 Å². The largest absolute Gasteiger partial charge is 0.480 e. The van der Waals surface area contributed by atoms with Crippen LogP contribution in [0.5, 0.6) is 0 Å². The number of aromatic nitrogens is 1. The number of pyridine rings is 1. The summed E-state index contributed by atoms with van der Waals surface area (Å²) in [4.78, 5) is 41.6. The Morgan fingerprint density at radius 2 is 1.51 bits per heavy atom. The normalized spacial score (nSPS) is 11.7. The van der Waals surface area contributed by atoms with E-state index in [0.29, 0.717) is 22.2 Å². The molecule has 0 aliphatic rings. The molecule has 0 saturated heterocycles. The van der Waals surface area contributed by atoms with Gasteiger partial charge in [0.1, 0.15) is 23.2 Å². The highest BCUT2D eigenvalue weighted by atomic mass is 35.5. The first-order chi connectivity index (χ1) is 17.7. The van der Waals surface area contributed by atoms with Crippen molar-refractivity contribution in [3.8, 4) is 0 Å². The highest BCUT2D eigenvalue weighted by Crippen LogP contribution is 2.29. The molecule has 0 bridgehead atoms. The number of amides is 2. The van der Waals surface area contributed by atoms with Crippen LogP contribution in [0.3, 0.4) is 0 Å². The van der Waals surface area contributed by atoms with Gasteiger partial charge in [-0.05, 0) is 42.0 Å². The van der Waals surface area contributed by atoms with Crippen LogP contribution in [0, 0.1) is 11.6 Å². The molecule has 1 aromatic heterocycles. The second-order valence-electron chi connectivity index (χ2n) is 7.89. The lowest BCUT2D eigenvalue weighted by Crippen LogP contribution is -2.43. The van der Waals surface area contributed by atoms with Crippen LogP contribution in [-0.2, 0) is 11.2 Å². The van der Waals surface area contributed by atoms with E-state index in [2.05, 4.69) is 15.6 Å². The van der Waals surface area contributed by atoms with Crippen LogP contribution in [-0.4, -0.2) is 33.9 Å². The molecule has 4 rings (SSSR count). The fourth-order valence-corrected chi connectivity index (χ4v) is 4.34. The zero-order chi connectivity index (χ0) is 26.7. The molecule has 3 N–H and O–H groups in total. The second kappa shape index (κ2) is 10.9. The Kier molecular flexibility index (Phi) is 7.66. The van der Waals surface area contributed by atoms with E-state index in [0.717, 1.165) is 18.2 Å². The maximum Gasteiger partial charge on any atom is 0.326 e. The quantitative estimate of drug-likeness (QED) is 0.285. The van der Waals surface area contributed by atoms with Gasteiger partial charge in [-0.25, -0.2) is 13.6 Å². The fourth-order valence-electron chi connectivity index (χ4n) is 3.78. The number of carbonyl (C=O) groups is 3. The molecular formula is C26H17Cl2F2N3O4. The molecule has 188 valence electrons. The number of anilines is 1. The zero-order valence-corrected chi connectivity index (χ0v) is 20.3. The number of nitrogens with one attached hydrogen (secondary N) is 2. The van der Waals surface area contributed by atoms with Gasteiger partial charge in [0.25, 0.3) is 11.8 Å². The smallest absolute Gasteiger partial charge is 0.326 e. The number of carbonyl (C=O) groups excluding carboxylic acids is 2. The minimum absolute atomic E-state index is 0.0769. The average Bonchev–Trinajstić information content (AvgIpc) is 2.84. The minimum Gasteiger partial charge on any atom is -0.480 e. The lowest BCUT2D eigenvalue weighted by molar-refractivity contribution is -0.139. The maximum atomic E-state index is 14.0. The molecule has 37 heavy (non-hydrogen) atoms. The van der Waals surface area contributed by atoms with E-state index in [1.807, 2.05) is 0 Å². The van der Waals surface area contributed by atoms with E-state index >= 15 is 0 Å². The van der Waals surface area contributed by atoms with E-state index in [1.165, 1.54) is 24.4 Å². The summed E-state index contributed by atoms with van der Waals surface area (Å²) in [6, 6.07) is 12.4. The molecule has 0 aliphatic carbocycles. The third kappa shape index (κ3) is 5.52. The number of hydrogen-bond acceptors (Lipinski definition) is 4. The lowest BCUT2D eigenvalue weighted by Gasteiger charge is -2.17. The molecule has 11 heteroatoms. The van der Waals surface area contributed by atoms with Crippen molar-refractivity contribution in [2.75, 3.05) is 5.32 Å². The molecule has 1 heterocycles. The predicted molar refractivity (Wildman–Crippen MR) is 135 cm³/mol. The third-order valence-electron chi connectivity index (χ3n) is 5.52. The number of aliphatic carboxylic acids is 1. The van der Waals surface area contributed by atoms with Gasteiger partial charge in [-0.1, -0.05) is 47.5 Å². The Morgan fingerprint density at radius 3 is 2.16 bits per heavy atom. The SMILES string of the molecule is O=C(N[C@@H](Cc1ccc(NC(=O)c2c(Cl)cccc2Cl)c2ncccc12)C(=O)O)c1c(F)cccc1F. The molecule has 0 unspecified atom stereocenters. The number of carboxylic acids is 1. The van der Waals surface area contributed by atoms with Gasteiger partial charge in [0, 0.05) is 18.0 Å². The number of fused-ring (bicyclic) bond motifs is 1. The maximum absolute atomic E-state index is 14.0. The van der Waals surface area contributed by atoms with Gasteiger partial charge in [0.05, 0.1) is 26.8 Å². The van der Waals surface area contributed by atoms with Crippen molar-refractivity contribution in [1.29, 1.82) is 0 Å². The Balaban J connectivity index is 1.63. The topological polar surface area (TPSA) is 108 Å². The van der Waals surface area contributed by atoms with Gasteiger partial charge in [0.2, 0.25) is 0 Å². The monoisotopic (exact) mass is 543 g/mol. The van der Waals surface area contributed by atoms with Crippen LogP contribution >= 0.6 is 23.2 Å². The summed E-state index contributed by atoms with van der Waals surface area (Å²) in [6.45, 7) is 0. The number of nitrogens with zero attached hydrogens (tertiary/aromatic N) is 1. The van der Waals surface area contributed by atoms with Crippen LogP contribution in [0.1, 0.15) is 26.3 Å². The molecule has 4 aromatic rings. The van der Waals surface area contributed by atoms with E-state index in [-0.39, 0.29) is 22.0 Å². The number of carboxylic acid groups (broad SMARTS) is 1. The summed E-state index contributed by atoms with van der Waals surface area (Å²) in [5.74, 6) is -5.42. The van der Waals surface area contributed by atoms with Gasteiger partial charge < -0.3 is 15.7 Å². The molecule has 0 saturated carbocycles. The van der Waals surface area contributed by atoms with Crippen molar-refractivity contribution in [2.24, 2.45) is 0 Å². The highest BCUT2D eigenvalue weighted by Gasteiger charge is 2.26. The number of hydrogen-bond donors (Lipinski definition) is 3. The standard InChI is InChI=1S/C26H17Cl2F2N3O4/c27-15-5-1-6-16(28)21(15)24(34)32-19-10-9-13(14-4-3-11-31-23(14)19)12-20(26(36)37)33-25(35)22-17(29)7-2-8-18(22)30/h1-11,20H,12H2,(H,32,34)(H,33,35)(H,36,37)/t20-/m0/s1. The van der Waals surface area contributed by atoms with Gasteiger partial charge in [-0.3, -0.25) is 14.6 Å². The van der Waals surface area contributed by atoms with Crippen LogP contribution < -0.4 is 10.6 Å². The van der Waals surface area contributed by atoms with Crippen LogP contribution in [0.4, 0.5) is 14.5 Å². The van der Waals surface area contributed by atoms with Crippen LogP contribution in [0.15, 0.2) is 66.9 Å². The number of benzene rings is 3. The van der Waals surface area contributed by atoms with E-state index in [4.69, 9.17) is 23.2 Å². The van der Waals surface area contributed by atoms with E-state index in [9.17, 15) is 28.3 Å². The molecular weight excluding hydrogens is 527 g/mol. The summed E-state index contributed by atoms with van der Waals surface area (Å²) in [5, 5.41) is 15.4. The molecule has 3 aromatic carbocycles. The van der Waals surface area contributed by atoms with Crippen LogP contribution in [0.2, 0.25) is 10.0 Å². The summed E-state index contributed by atoms with van der Waals surface area (Å²) < 4.78 is 28.0. The molecule has 7 nitrogen and oxygen atoms in total. The number of rotatable bonds is 7. The van der Waals surface area contributed by atoms with Crippen molar-refractivity contribution in [1.82, 2.24) is 10.3 Å². The molecule has 0 spiro atoms. The third-order valence-corrected chi connectivity index (χ3v) is 6.15. The summed E-state index contributed by atoms with van der Waals surface area (Å²) in [6.07, 6.45) is 1.26. The van der Waals surface area contributed by atoms with Crippen molar-refractivity contribution in [3.63, 3.8) is 0 Å². The second-order valence-corrected chi connectivity index (χ2v) is 8.70. The lowest BCUT2D eigenvalue weighted by atomic mass is 9.99. The zero-order valence-electron chi connectivity index (χ0n) is 18.8. The van der Waals surface area contributed by atoms with Gasteiger partial charge >= 0.3 is 5.97 Å². The molecule has 1 atom stereocenters. The van der Waals surface area contributed by atoms with E-state index in [1.54, 1.807) is 24.3 Å². The summed E-state index contributed by atoms with van der Waals surface area (Å²) in [7, 11) is 0. The van der Waals surface area contributed by atoms with Gasteiger partial charge in [-0.15, -0.1) is 0 Å². The Morgan fingerprint density at radius 1 is 0.865 bits per heavy atom. The average molecular weight is 544 g/mol. The minimum atomic E-state index is -1.52. The van der Waals surface area contributed by atoms with Crippen molar-refractivity contribution < 1.29 is 28.3 Å². The first-order valence-corrected chi connectivity index (χ1v) is 11.5. The van der Waals surface area contributed by atoms with E-state index < -0.39 is 41.0 Å². The molecule has 0 radical (unpaired) electrons. The van der Waals surface area contributed by atoms with Gasteiger partial charge in [-0.2, -0.15) is 0 Å². The summed E-state index contributed by atoms with van der Waals surface area (Å²) in [5.41, 5.74) is 0.306. The Labute approximate surface area is 219 Å². The Bertz CT molecular complexity index is 1510. The van der Waals surface area contributed by atoms with Crippen molar-refractivity contribution in [2.45, 2.75) is 12.5 Å². The highest BCUT2D eigenvalue weighted by molar-refractivity contribution is 6.40. The predicted octanol–water partition coefficient (Wildman–Crippen LogP) is 5.50. The number of halogens is 4. The molecule has 0 fully saturated rings. The fraction of sp³-hybridized carbons (Fsp3) is 0.0769. The summed E-state index contributed by atoms with van der Waals surface area (Å²) >= 11 is 12.3. The Hall–Kier alpha value is -4.08. The molecule has 2 amide bonds. The first-order valence-electron chi connectivity index (χ1n) is 10.8. The van der Waals surface area contributed by atoms with Crippen molar-refractivity contribution >= 4 is 57.6 Å². The first kappa shape index (κ1) is 26.0. The molecule has 0 aliphatic heterocycles.